The van der Waals surface area contributed by atoms with Crippen LogP contribution in [-0.4, -0.2) is 49.0 Å². The summed E-state index contributed by atoms with van der Waals surface area (Å²) in [5, 5.41) is 12.6. The van der Waals surface area contributed by atoms with Crippen LogP contribution in [0.2, 0.25) is 5.02 Å². The number of benzene rings is 1. The minimum atomic E-state index is -0.00738. The minimum Gasteiger partial charge on any atom is -0.336 e. The number of nitrogens with zero attached hydrogens (tertiary/aromatic N) is 6. The third-order valence-corrected chi connectivity index (χ3v) is 4.42. The molecule has 3 heterocycles. The number of hydrogen-bond acceptors (Lipinski definition) is 6. The number of rotatable bonds is 3. The lowest BCUT2D eigenvalue weighted by Crippen LogP contribution is -2.29. The Kier molecular flexibility index (Phi) is 3.96. The maximum Gasteiger partial charge on any atom is 0.280 e. The minimum absolute atomic E-state index is 0.00738. The van der Waals surface area contributed by atoms with E-state index in [1.54, 1.807) is 42.1 Å². The molecule has 0 spiro atoms. The zero-order valence-electron chi connectivity index (χ0n) is 13.5. The van der Waals surface area contributed by atoms with E-state index in [1.165, 1.54) is 0 Å². The molecule has 128 valence electrons. The molecular weight excluding hydrogens is 344 g/mol. The third kappa shape index (κ3) is 3.12. The maximum atomic E-state index is 12.6. The van der Waals surface area contributed by atoms with Gasteiger partial charge < -0.3 is 9.42 Å². The Hall–Kier alpha value is -2.74. The number of aryl methyl sites for hydroxylation is 1. The van der Waals surface area contributed by atoms with Gasteiger partial charge in [0.25, 0.3) is 11.8 Å². The van der Waals surface area contributed by atoms with Gasteiger partial charge in [-0.25, -0.2) is 4.68 Å². The van der Waals surface area contributed by atoms with Gasteiger partial charge in [-0.15, -0.1) is 5.10 Å². The second-order valence-corrected chi connectivity index (χ2v) is 6.37. The van der Waals surface area contributed by atoms with Crippen molar-refractivity contribution in [3.05, 3.63) is 46.9 Å². The maximum absolute atomic E-state index is 12.6. The average Bonchev–Trinajstić information content (AvgIpc) is 3.34. The second-order valence-electron chi connectivity index (χ2n) is 5.93. The van der Waals surface area contributed by atoms with E-state index in [4.69, 9.17) is 16.1 Å². The second kappa shape index (κ2) is 6.29. The van der Waals surface area contributed by atoms with Crippen molar-refractivity contribution in [1.29, 1.82) is 0 Å². The largest absolute Gasteiger partial charge is 0.336 e. The molecule has 0 aliphatic carbocycles. The van der Waals surface area contributed by atoms with Gasteiger partial charge in [-0.1, -0.05) is 22.0 Å². The summed E-state index contributed by atoms with van der Waals surface area (Å²) in [5.74, 6) is 0.882. The molecule has 0 saturated carbocycles. The molecule has 1 saturated heterocycles. The predicted octanol–water partition coefficient (Wildman–Crippen LogP) is 2.38. The standard InChI is InChI=1S/C16H15ClN6O2/c1-10-18-15(25-20-10)14-9-23(21-19-14)13-6-7-22(8-13)16(24)11-2-4-12(17)5-3-11/h2-5,9,13H,6-8H2,1H3/t13-/m1/s1. The fourth-order valence-electron chi connectivity index (χ4n) is 2.87. The molecule has 0 radical (unpaired) electrons. The van der Waals surface area contributed by atoms with Gasteiger partial charge in [0.2, 0.25) is 0 Å². The molecule has 1 aliphatic rings. The molecule has 0 N–H and O–H groups in total. The van der Waals surface area contributed by atoms with E-state index in [0.717, 1.165) is 6.42 Å². The molecule has 1 fully saturated rings. The lowest BCUT2D eigenvalue weighted by molar-refractivity contribution is 0.0787. The summed E-state index contributed by atoms with van der Waals surface area (Å²) in [6.07, 6.45) is 2.58. The van der Waals surface area contributed by atoms with E-state index in [0.29, 0.717) is 41.1 Å². The number of halogens is 1. The molecule has 25 heavy (non-hydrogen) atoms. The highest BCUT2D eigenvalue weighted by Crippen LogP contribution is 2.24. The molecular formula is C16H15ClN6O2. The summed E-state index contributed by atoms with van der Waals surface area (Å²) in [5.41, 5.74) is 1.16. The van der Waals surface area contributed by atoms with Crippen LogP contribution in [0.1, 0.15) is 28.6 Å². The zero-order valence-corrected chi connectivity index (χ0v) is 14.2. The smallest absolute Gasteiger partial charge is 0.280 e. The number of carbonyl (C=O) groups is 1. The van der Waals surface area contributed by atoms with E-state index >= 15 is 0 Å². The van der Waals surface area contributed by atoms with Crippen molar-refractivity contribution < 1.29 is 9.32 Å². The molecule has 1 amide bonds. The molecule has 4 rings (SSSR count). The number of carbonyl (C=O) groups excluding carboxylic acids is 1. The van der Waals surface area contributed by atoms with Gasteiger partial charge in [-0.2, -0.15) is 4.98 Å². The Bertz CT molecular complexity index is 904. The van der Waals surface area contributed by atoms with Crippen LogP contribution in [0.4, 0.5) is 0 Å². The van der Waals surface area contributed by atoms with E-state index < -0.39 is 0 Å². The molecule has 3 aromatic rings. The first-order valence-electron chi connectivity index (χ1n) is 7.87. The Morgan fingerprint density at radius 2 is 2.12 bits per heavy atom. The van der Waals surface area contributed by atoms with Gasteiger partial charge >= 0.3 is 0 Å². The molecule has 2 aromatic heterocycles. The summed E-state index contributed by atoms with van der Waals surface area (Å²) in [7, 11) is 0. The first-order valence-corrected chi connectivity index (χ1v) is 8.25. The van der Waals surface area contributed by atoms with Crippen LogP contribution in [0.25, 0.3) is 11.6 Å². The van der Waals surface area contributed by atoms with Crippen LogP contribution in [-0.2, 0) is 0 Å². The Morgan fingerprint density at radius 3 is 2.84 bits per heavy atom. The van der Waals surface area contributed by atoms with E-state index in [1.807, 2.05) is 4.90 Å². The van der Waals surface area contributed by atoms with Crippen LogP contribution >= 0.6 is 11.6 Å². The van der Waals surface area contributed by atoms with Crippen molar-refractivity contribution in [2.75, 3.05) is 13.1 Å². The average molecular weight is 359 g/mol. The number of amides is 1. The Morgan fingerprint density at radius 1 is 1.32 bits per heavy atom. The van der Waals surface area contributed by atoms with Crippen LogP contribution in [0, 0.1) is 6.92 Å². The fraction of sp³-hybridized carbons (Fsp3) is 0.312. The highest BCUT2D eigenvalue weighted by Gasteiger charge is 2.29. The first kappa shape index (κ1) is 15.8. The van der Waals surface area contributed by atoms with E-state index in [9.17, 15) is 4.79 Å². The van der Waals surface area contributed by atoms with Gasteiger partial charge in [0, 0.05) is 23.7 Å². The van der Waals surface area contributed by atoms with Crippen molar-refractivity contribution in [2.45, 2.75) is 19.4 Å². The molecule has 1 aromatic carbocycles. The Labute approximate surface area is 148 Å². The monoisotopic (exact) mass is 358 g/mol. The van der Waals surface area contributed by atoms with Crippen LogP contribution < -0.4 is 0 Å². The van der Waals surface area contributed by atoms with Crippen molar-refractivity contribution in [3.63, 3.8) is 0 Å². The van der Waals surface area contributed by atoms with Gasteiger partial charge in [0.15, 0.2) is 11.5 Å². The van der Waals surface area contributed by atoms with E-state index in [-0.39, 0.29) is 11.9 Å². The van der Waals surface area contributed by atoms with Crippen LogP contribution in [0.15, 0.2) is 35.0 Å². The zero-order chi connectivity index (χ0) is 17.4. The van der Waals surface area contributed by atoms with Crippen LogP contribution in [0.3, 0.4) is 0 Å². The molecule has 0 unspecified atom stereocenters. The van der Waals surface area contributed by atoms with Crippen molar-refractivity contribution >= 4 is 17.5 Å². The number of hydrogen-bond donors (Lipinski definition) is 0. The molecule has 9 heteroatoms. The molecule has 1 atom stereocenters. The predicted molar refractivity (Wildman–Crippen MR) is 89.1 cm³/mol. The number of aromatic nitrogens is 5. The van der Waals surface area contributed by atoms with E-state index in [2.05, 4.69) is 20.5 Å². The van der Waals surface area contributed by atoms with Crippen molar-refractivity contribution in [2.24, 2.45) is 0 Å². The normalized spacial score (nSPS) is 17.2. The van der Waals surface area contributed by atoms with Gasteiger partial charge in [0.1, 0.15) is 0 Å². The SMILES string of the molecule is Cc1noc(-c2cn([C@@H]3CCN(C(=O)c4ccc(Cl)cc4)C3)nn2)n1. The third-order valence-electron chi connectivity index (χ3n) is 4.17. The first-order chi connectivity index (χ1) is 12.1. The van der Waals surface area contributed by atoms with Gasteiger partial charge in [-0.3, -0.25) is 4.79 Å². The highest BCUT2D eigenvalue weighted by atomic mass is 35.5. The van der Waals surface area contributed by atoms with Crippen molar-refractivity contribution in [3.8, 4) is 11.6 Å². The summed E-state index contributed by atoms with van der Waals surface area (Å²) < 4.78 is 6.85. The molecule has 0 bridgehead atoms. The lowest BCUT2D eigenvalue weighted by Gasteiger charge is -2.16. The lowest BCUT2D eigenvalue weighted by atomic mass is 10.2. The summed E-state index contributed by atoms with van der Waals surface area (Å²) >= 11 is 5.87. The summed E-state index contributed by atoms with van der Waals surface area (Å²) in [6.45, 7) is 2.99. The molecule has 1 aliphatic heterocycles. The van der Waals surface area contributed by atoms with Gasteiger partial charge in [0.05, 0.1) is 12.2 Å². The topological polar surface area (TPSA) is 89.9 Å². The van der Waals surface area contributed by atoms with Crippen LogP contribution in [0.5, 0.6) is 0 Å². The summed E-state index contributed by atoms with van der Waals surface area (Å²) in [6, 6.07) is 6.99. The van der Waals surface area contributed by atoms with Crippen molar-refractivity contribution in [1.82, 2.24) is 30.0 Å². The van der Waals surface area contributed by atoms with Gasteiger partial charge in [-0.05, 0) is 37.6 Å². The fourth-order valence-corrected chi connectivity index (χ4v) is 3.00. The Balaban J connectivity index is 1.46. The number of likely N-dealkylation sites (tertiary alicyclic amines) is 1. The molecule has 8 nitrogen and oxygen atoms in total. The summed E-state index contributed by atoms with van der Waals surface area (Å²) in [4.78, 5) is 18.5. The quantitative estimate of drug-likeness (QED) is 0.714. The highest BCUT2D eigenvalue weighted by molar-refractivity contribution is 6.30.